The zero-order valence-corrected chi connectivity index (χ0v) is 22.2. The van der Waals surface area contributed by atoms with Gasteiger partial charge in [-0.15, -0.1) is 0 Å². The van der Waals surface area contributed by atoms with E-state index in [1.54, 1.807) is 18.2 Å². The normalized spacial score (nSPS) is 14.1. The summed E-state index contributed by atoms with van der Waals surface area (Å²) in [6.45, 7) is 3.87. The lowest BCUT2D eigenvalue weighted by atomic mass is 10.1. The Hall–Kier alpha value is -4.11. The molecule has 2 N–H and O–H groups in total. The molecule has 4 rings (SSSR count). The van der Waals surface area contributed by atoms with Gasteiger partial charge in [-0.05, 0) is 71.2 Å². The van der Waals surface area contributed by atoms with E-state index in [0.717, 1.165) is 21.6 Å². The maximum absolute atomic E-state index is 12.9. The molecule has 0 bridgehead atoms. The van der Waals surface area contributed by atoms with Crippen molar-refractivity contribution in [2.24, 2.45) is 0 Å². The van der Waals surface area contributed by atoms with E-state index in [-0.39, 0.29) is 24.8 Å². The van der Waals surface area contributed by atoms with Crippen LogP contribution in [0, 0.1) is 13.8 Å². The number of ether oxygens (including phenoxy) is 2. The Kier molecular flexibility index (Phi) is 7.93. The highest BCUT2D eigenvalue weighted by atomic mass is 79.9. The Bertz CT molecular complexity index is 1390. The number of hydrogen-bond donors (Lipinski definition) is 2. The number of imide groups is 1. The molecule has 0 saturated carbocycles. The fourth-order valence-corrected chi connectivity index (χ4v) is 4.38. The van der Waals surface area contributed by atoms with Crippen molar-refractivity contribution in [1.82, 2.24) is 10.2 Å². The van der Waals surface area contributed by atoms with Crippen LogP contribution in [0.1, 0.15) is 22.3 Å². The second-order valence-electron chi connectivity index (χ2n) is 8.61. The number of nitrogens with zero attached hydrogens (tertiary/aromatic N) is 1. The van der Waals surface area contributed by atoms with Crippen molar-refractivity contribution in [2.75, 3.05) is 19.0 Å². The van der Waals surface area contributed by atoms with Crippen molar-refractivity contribution >= 4 is 45.5 Å². The summed E-state index contributed by atoms with van der Waals surface area (Å²) in [5.41, 5.74) is 4.43. The van der Waals surface area contributed by atoms with Gasteiger partial charge in [-0.1, -0.05) is 47.5 Å². The van der Waals surface area contributed by atoms with Crippen molar-refractivity contribution in [3.05, 3.63) is 93.1 Å². The largest absolute Gasteiger partial charge is 0.493 e. The van der Waals surface area contributed by atoms with Gasteiger partial charge in [-0.2, -0.15) is 0 Å². The molecule has 1 aliphatic heterocycles. The van der Waals surface area contributed by atoms with Crippen LogP contribution < -0.4 is 20.1 Å². The van der Waals surface area contributed by atoms with Crippen LogP contribution in [0.5, 0.6) is 11.5 Å². The smallest absolute Gasteiger partial charge is 0.329 e. The maximum Gasteiger partial charge on any atom is 0.329 e. The summed E-state index contributed by atoms with van der Waals surface area (Å²) in [4.78, 5) is 38.9. The van der Waals surface area contributed by atoms with Crippen LogP contribution in [0.2, 0.25) is 0 Å². The highest BCUT2D eigenvalue weighted by Gasteiger charge is 2.33. The molecule has 0 radical (unpaired) electrons. The Labute approximate surface area is 223 Å². The molecule has 3 aromatic carbocycles. The van der Waals surface area contributed by atoms with Gasteiger partial charge in [0.25, 0.3) is 11.8 Å². The molecular formula is C28H26BrN3O5. The van der Waals surface area contributed by atoms with Gasteiger partial charge in [0.15, 0.2) is 18.1 Å². The Balaban J connectivity index is 1.46. The van der Waals surface area contributed by atoms with Crippen LogP contribution in [0.15, 0.2) is 70.8 Å². The number of nitrogens with one attached hydrogen (secondary N) is 2. The first-order chi connectivity index (χ1) is 17.7. The van der Waals surface area contributed by atoms with Gasteiger partial charge in [0.05, 0.1) is 18.1 Å². The summed E-state index contributed by atoms with van der Waals surface area (Å²) in [6, 6.07) is 18.0. The number of halogens is 1. The molecule has 1 saturated heterocycles. The van der Waals surface area contributed by atoms with E-state index in [1.165, 1.54) is 7.11 Å². The molecular weight excluding hydrogens is 538 g/mol. The number of carbonyl (C=O) groups is 3. The van der Waals surface area contributed by atoms with Gasteiger partial charge in [-0.25, -0.2) is 4.79 Å². The molecule has 190 valence electrons. The summed E-state index contributed by atoms with van der Waals surface area (Å²) in [7, 11) is 1.48. The number of amides is 4. The zero-order valence-electron chi connectivity index (χ0n) is 20.6. The first kappa shape index (κ1) is 26.0. The summed E-state index contributed by atoms with van der Waals surface area (Å²) in [5, 5.41) is 5.41. The van der Waals surface area contributed by atoms with Crippen LogP contribution in [0.25, 0.3) is 6.08 Å². The molecule has 4 amide bonds. The number of methoxy groups -OCH3 is 1. The van der Waals surface area contributed by atoms with Gasteiger partial charge in [0.1, 0.15) is 5.70 Å². The van der Waals surface area contributed by atoms with Gasteiger partial charge < -0.3 is 20.1 Å². The molecule has 1 aliphatic rings. The zero-order chi connectivity index (χ0) is 26.5. The van der Waals surface area contributed by atoms with Crippen LogP contribution in [-0.2, 0) is 16.1 Å². The summed E-state index contributed by atoms with van der Waals surface area (Å²) >= 11 is 3.45. The topological polar surface area (TPSA) is 97.0 Å². The number of aryl methyl sites for hydroxylation is 2. The Morgan fingerprint density at radius 3 is 2.51 bits per heavy atom. The molecule has 3 aromatic rings. The molecule has 1 heterocycles. The third kappa shape index (κ3) is 6.37. The second kappa shape index (κ2) is 11.3. The van der Waals surface area contributed by atoms with E-state index in [9.17, 15) is 14.4 Å². The highest BCUT2D eigenvalue weighted by molar-refractivity contribution is 9.10. The quantitative estimate of drug-likeness (QED) is 0.290. The molecule has 0 atom stereocenters. The molecule has 0 spiro atoms. The van der Waals surface area contributed by atoms with Crippen molar-refractivity contribution < 1.29 is 23.9 Å². The third-order valence-corrected chi connectivity index (χ3v) is 6.22. The third-order valence-electron chi connectivity index (χ3n) is 5.63. The number of urea groups is 1. The molecule has 0 aliphatic carbocycles. The van der Waals surface area contributed by atoms with E-state index in [0.29, 0.717) is 27.2 Å². The number of hydrogen-bond acceptors (Lipinski definition) is 5. The highest BCUT2D eigenvalue weighted by Crippen LogP contribution is 2.37. The van der Waals surface area contributed by atoms with Crippen molar-refractivity contribution in [1.29, 1.82) is 0 Å². The first-order valence-corrected chi connectivity index (χ1v) is 12.3. The van der Waals surface area contributed by atoms with E-state index in [4.69, 9.17) is 9.47 Å². The Morgan fingerprint density at radius 1 is 1.05 bits per heavy atom. The number of anilines is 1. The molecule has 0 unspecified atom stereocenters. The minimum Gasteiger partial charge on any atom is -0.493 e. The van der Waals surface area contributed by atoms with Gasteiger partial charge in [0, 0.05) is 5.69 Å². The molecule has 1 fully saturated rings. The number of carbonyl (C=O) groups excluding carboxylic acids is 3. The lowest BCUT2D eigenvalue weighted by Crippen LogP contribution is -2.30. The van der Waals surface area contributed by atoms with E-state index in [2.05, 4.69) is 26.6 Å². The minimum atomic E-state index is -0.483. The molecule has 8 nitrogen and oxygen atoms in total. The van der Waals surface area contributed by atoms with Gasteiger partial charge in [0.2, 0.25) is 0 Å². The van der Waals surface area contributed by atoms with Crippen LogP contribution in [0.4, 0.5) is 10.5 Å². The average Bonchev–Trinajstić information content (AvgIpc) is 3.11. The molecule has 9 heteroatoms. The summed E-state index contributed by atoms with van der Waals surface area (Å²) < 4.78 is 11.7. The molecule has 37 heavy (non-hydrogen) atoms. The summed E-state index contributed by atoms with van der Waals surface area (Å²) in [5.74, 6) is -0.0454. The average molecular weight is 564 g/mol. The van der Waals surface area contributed by atoms with Crippen LogP contribution in [0.3, 0.4) is 0 Å². The van der Waals surface area contributed by atoms with E-state index in [1.807, 2.05) is 62.4 Å². The number of benzene rings is 3. The van der Waals surface area contributed by atoms with Crippen molar-refractivity contribution in [3.63, 3.8) is 0 Å². The van der Waals surface area contributed by atoms with E-state index >= 15 is 0 Å². The summed E-state index contributed by atoms with van der Waals surface area (Å²) in [6.07, 6.45) is 1.57. The predicted molar refractivity (Wildman–Crippen MR) is 144 cm³/mol. The lowest BCUT2D eigenvalue weighted by molar-refractivity contribution is -0.123. The second-order valence-corrected chi connectivity index (χ2v) is 9.46. The fourth-order valence-electron chi connectivity index (χ4n) is 3.81. The van der Waals surface area contributed by atoms with Crippen molar-refractivity contribution in [2.45, 2.75) is 20.4 Å². The van der Waals surface area contributed by atoms with Gasteiger partial charge in [-0.3, -0.25) is 14.5 Å². The number of rotatable bonds is 8. The SMILES string of the molecule is COc1cc(/C=C2/NC(=O)N(Cc3cccc(C)c3)C2=O)cc(Br)c1OCC(=O)Nc1ccc(C)cc1. The maximum atomic E-state index is 12.9. The van der Waals surface area contributed by atoms with E-state index < -0.39 is 11.9 Å². The standard InChI is InChI=1S/C28H26BrN3O5/c1-17-7-9-21(10-8-17)30-25(33)16-37-26-22(29)12-20(14-24(26)36-3)13-23-27(34)32(28(35)31-23)15-19-6-4-5-18(2)11-19/h4-14H,15-16H2,1-3H3,(H,30,33)(H,31,35)/b23-13+. The molecule has 0 aromatic heterocycles. The lowest BCUT2D eigenvalue weighted by Gasteiger charge is -2.14. The monoisotopic (exact) mass is 563 g/mol. The Morgan fingerprint density at radius 2 is 1.81 bits per heavy atom. The van der Waals surface area contributed by atoms with Gasteiger partial charge >= 0.3 is 6.03 Å². The fraction of sp³-hybridized carbons (Fsp3) is 0.179. The van der Waals surface area contributed by atoms with Crippen molar-refractivity contribution in [3.8, 4) is 11.5 Å². The minimum absolute atomic E-state index is 0.151. The van der Waals surface area contributed by atoms with Crippen LogP contribution >= 0.6 is 15.9 Å². The first-order valence-electron chi connectivity index (χ1n) is 11.5. The van der Waals surface area contributed by atoms with Crippen LogP contribution in [-0.4, -0.2) is 36.5 Å². The predicted octanol–water partition coefficient (Wildman–Crippen LogP) is 5.18.